The Balaban J connectivity index is 2.49. The van der Waals surface area contributed by atoms with Gasteiger partial charge in [0.05, 0.1) is 6.42 Å². The summed E-state index contributed by atoms with van der Waals surface area (Å²) in [5.74, 6) is -0.915. The number of carbonyl (C=O) groups is 2. The average Bonchev–Trinajstić information content (AvgIpc) is 2.41. The molecule has 104 valence electrons. The van der Waals surface area contributed by atoms with Crippen molar-refractivity contribution in [3.05, 3.63) is 0 Å². The summed E-state index contributed by atoms with van der Waals surface area (Å²) in [6.07, 6.45) is 3.13. The third kappa shape index (κ3) is 4.20. The Morgan fingerprint density at radius 3 is 2.44 bits per heavy atom. The van der Waals surface area contributed by atoms with Crippen molar-refractivity contribution < 1.29 is 14.7 Å². The average molecular weight is 256 g/mol. The zero-order valence-corrected chi connectivity index (χ0v) is 11.7. The van der Waals surface area contributed by atoms with Crippen molar-refractivity contribution in [2.75, 3.05) is 0 Å². The summed E-state index contributed by atoms with van der Waals surface area (Å²) in [4.78, 5) is 22.5. The van der Waals surface area contributed by atoms with Crippen molar-refractivity contribution >= 4 is 12.0 Å². The van der Waals surface area contributed by atoms with E-state index in [0.29, 0.717) is 0 Å². The predicted molar refractivity (Wildman–Crippen MR) is 69.4 cm³/mol. The van der Waals surface area contributed by atoms with Crippen LogP contribution in [0.1, 0.15) is 53.4 Å². The van der Waals surface area contributed by atoms with Crippen LogP contribution in [0.4, 0.5) is 4.79 Å². The lowest BCUT2D eigenvalue weighted by molar-refractivity contribution is -0.138. The van der Waals surface area contributed by atoms with Crippen molar-refractivity contribution in [3.63, 3.8) is 0 Å². The van der Waals surface area contributed by atoms with E-state index >= 15 is 0 Å². The van der Waals surface area contributed by atoms with Gasteiger partial charge in [0.25, 0.3) is 0 Å². The molecule has 5 nitrogen and oxygen atoms in total. The lowest BCUT2D eigenvalue weighted by Crippen LogP contribution is -2.53. The van der Waals surface area contributed by atoms with Crippen LogP contribution in [0.2, 0.25) is 0 Å². The van der Waals surface area contributed by atoms with Gasteiger partial charge in [-0.1, -0.05) is 20.3 Å². The van der Waals surface area contributed by atoms with Gasteiger partial charge in [0.15, 0.2) is 0 Å². The highest BCUT2D eigenvalue weighted by atomic mass is 16.4. The first-order chi connectivity index (χ1) is 8.12. The molecule has 18 heavy (non-hydrogen) atoms. The van der Waals surface area contributed by atoms with Gasteiger partial charge in [-0.15, -0.1) is 0 Å². The topological polar surface area (TPSA) is 78.4 Å². The van der Waals surface area contributed by atoms with Crippen molar-refractivity contribution in [3.8, 4) is 0 Å². The quantitative estimate of drug-likeness (QED) is 0.721. The monoisotopic (exact) mass is 256 g/mol. The first kappa shape index (κ1) is 14.8. The SMILES string of the molecule is CC(C)(CC(=O)O)NC(=O)NC1CCCC1(C)C. The van der Waals surface area contributed by atoms with Gasteiger partial charge < -0.3 is 15.7 Å². The Bertz CT molecular complexity index is 337. The summed E-state index contributed by atoms with van der Waals surface area (Å²) in [5.41, 5.74) is -0.618. The maximum Gasteiger partial charge on any atom is 0.315 e. The Labute approximate surface area is 108 Å². The number of carboxylic acid groups (broad SMARTS) is 1. The maximum absolute atomic E-state index is 11.9. The van der Waals surface area contributed by atoms with Gasteiger partial charge in [0.1, 0.15) is 0 Å². The van der Waals surface area contributed by atoms with Gasteiger partial charge in [-0.3, -0.25) is 4.79 Å². The molecule has 0 radical (unpaired) electrons. The molecule has 1 fully saturated rings. The Morgan fingerprint density at radius 2 is 2.00 bits per heavy atom. The van der Waals surface area contributed by atoms with E-state index in [1.54, 1.807) is 13.8 Å². The van der Waals surface area contributed by atoms with E-state index in [-0.39, 0.29) is 23.9 Å². The van der Waals surface area contributed by atoms with Crippen LogP contribution in [-0.4, -0.2) is 28.7 Å². The van der Waals surface area contributed by atoms with Gasteiger partial charge in [-0.05, 0) is 32.1 Å². The molecule has 1 atom stereocenters. The van der Waals surface area contributed by atoms with Gasteiger partial charge >= 0.3 is 12.0 Å². The molecule has 0 saturated heterocycles. The highest BCUT2D eigenvalue weighted by Crippen LogP contribution is 2.37. The minimum Gasteiger partial charge on any atom is -0.481 e. The second-order valence-electron chi connectivity index (χ2n) is 6.49. The van der Waals surface area contributed by atoms with E-state index in [0.717, 1.165) is 19.3 Å². The molecule has 1 aliphatic rings. The molecule has 2 amide bonds. The van der Waals surface area contributed by atoms with Crippen molar-refractivity contribution in [1.82, 2.24) is 10.6 Å². The van der Waals surface area contributed by atoms with Crippen LogP contribution >= 0.6 is 0 Å². The fourth-order valence-corrected chi connectivity index (χ4v) is 2.52. The number of carbonyl (C=O) groups excluding carboxylic acids is 1. The molecule has 0 aromatic rings. The van der Waals surface area contributed by atoms with Crippen LogP contribution in [0.25, 0.3) is 0 Å². The molecule has 0 aromatic carbocycles. The summed E-state index contributed by atoms with van der Waals surface area (Å²) >= 11 is 0. The number of nitrogens with one attached hydrogen (secondary N) is 2. The fourth-order valence-electron chi connectivity index (χ4n) is 2.52. The number of carboxylic acids is 1. The number of hydrogen-bond acceptors (Lipinski definition) is 2. The molecule has 1 saturated carbocycles. The van der Waals surface area contributed by atoms with E-state index in [2.05, 4.69) is 24.5 Å². The molecule has 0 aromatic heterocycles. The molecule has 0 aliphatic heterocycles. The largest absolute Gasteiger partial charge is 0.481 e. The van der Waals surface area contributed by atoms with Crippen LogP contribution in [0.5, 0.6) is 0 Å². The van der Waals surface area contributed by atoms with Crippen LogP contribution in [-0.2, 0) is 4.79 Å². The van der Waals surface area contributed by atoms with Crippen LogP contribution in [0, 0.1) is 5.41 Å². The fraction of sp³-hybridized carbons (Fsp3) is 0.846. The summed E-state index contributed by atoms with van der Waals surface area (Å²) in [7, 11) is 0. The molecular formula is C13H24N2O3. The van der Waals surface area contributed by atoms with Gasteiger partial charge in [-0.2, -0.15) is 0 Å². The third-order valence-corrected chi connectivity index (χ3v) is 3.61. The molecule has 1 rings (SSSR count). The molecule has 3 N–H and O–H groups in total. The molecule has 5 heteroatoms. The van der Waals surface area contributed by atoms with Crippen LogP contribution in [0.15, 0.2) is 0 Å². The minimum absolute atomic E-state index is 0.0888. The molecule has 1 unspecified atom stereocenters. The van der Waals surface area contributed by atoms with Crippen LogP contribution in [0.3, 0.4) is 0 Å². The third-order valence-electron chi connectivity index (χ3n) is 3.61. The van der Waals surface area contributed by atoms with E-state index in [1.165, 1.54) is 0 Å². The van der Waals surface area contributed by atoms with E-state index in [4.69, 9.17) is 5.11 Å². The highest BCUT2D eigenvalue weighted by molar-refractivity contribution is 5.76. The molecule has 1 aliphatic carbocycles. The lowest BCUT2D eigenvalue weighted by Gasteiger charge is -2.30. The Kier molecular flexibility index (Phi) is 4.24. The van der Waals surface area contributed by atoms with Gasteiger partial charge in [0, 0.05) is 11.6 Å². The van der Waals surface area contributed by atoms with Crippen LogP contribution < -0.4 is 10.6 Å². The number of urea groups is 1. The molecule has 0 bridgehead atoms. The first-order valence-corrected chi connectivity index (χ1v) is 6.43. The van der Waals surface area contributed by atoms with E-state index in [1.807, 2.05) is 0 Å². The number of amides is 2. The number of hydrogen-bond donors (Lipinski definition) is 3. The highest BCUT2D eigenvalue weighted by Gasteiger charge is 2.36. The Morgan fingerprint density at radius 1 is 1.39 bits per heavy atom. The maximum atomic E-state index is 11.9. The smallest absolute Gasteiger partial charge is 0.315 e. The van der Waals surface area contributed by atoms with Gasteiger partial charge in [0.2, 0.25) is 0 Å². The van der Waals surface area contributed by atoms with Gasteiger partial charge in [-0.25, -0.2) is 4.79 Å². The zero-order chi connectivity index (χ0) is 14.0. The zero-order valence-electron chi connectivity index (χ0n) is 11.7. The summed E-state index contributed by atoms with van der Waals surface area (Å²) < 4.78 is 0. The summed E-state index contributed by atoms with van der Waals surface area (Å²) in [6.45, 7) is 7.71. The summed E-state index contributed by atoms with van der Waals surface area (Å²) in [5, 5.41) is 14.4. The predicted octanol–water partition coefficient (Wildman–Crippen LogP) is 2.12. The van der Waals surface area contributed by atoms with Crippen molar-refractivity contribution in [2.24, 2.45) is 5.41 Å². The molecule has 0 heterocycles. The summed E-state index contributed by atoms with van der Waals surface area (Å²) in [6, 6.07) is -0.112. The Hall–Kier alpha value is -1.26. The van der Waals surface area contributed by atoms with E-state index < -0.39 is 11.5 Å². The standard InChI is InChI=1S/C13H24N2O3/c1-12(2)7-5-6-9(12)14-11(18)15-13(3,4)8-10(16)17/h9H,5-8H2,1-4H3,(H,16,17)(H2,14,15,18). The minimum atomic E-state index is -0.915. The lowest BCUT2D eigenvalue weighted by atomic mass is 9.87. The second kappa shape index (κ2) is 5.16. The number of rotatable bonds is 4. The normalized spacial score (nSPS) is 22.6. The molecule has 0 spiro atoms. The molecular weight excluding hydrogens is 232 g/mol. The van der Waals surface area contributed by atoms with Crippen molar-refractivity contribution in [1.29, 1.82) is 0 Å². The second-order valence-corrected chi connectivity index (χ2v) is 6.49. The first-order valence-electron chi connectivity index (χ1n) is 6.43. The van der Waals surface area contributed by atoms with E-state index in [9.17, 15) is 9.59 Å². The van der Waals surface area contributed by atoms with Crippen molar-refractivity contribution in [2.45, 2.75) is 65.0 Å². The number of aliphatic carboxylic acids is 1.